The molecule has 0 amide bonds. The van der Waals surface area contributed by atoms with Crippen molar-refractivity contribution in [2.24, 2.45) is 0 Å². The van der Waals surface area contributed by atoms with Gasteiger partial charge in [-0.3, -0.25) is 0 Å². The van der Waals surface area contributed by atoms with Gasteiger partial charge in [-0.25, -0.2) is 0 Å². The van der Waals surface area contributed by atoms with E-state index in [0.717, 1.165) is 31.7 Å². The minimum absolute atomic E-state index is 0.520. The molecular weight excluding hydrogens is 236 g/mol. The molecule has 0 aliphatic carbocycles. The third-order valence-corrected chi connectivity index (χ3v) is 3.19. The van der Waals surface area contributed by atoms with Gasteiger partial charge in [-0.05, 0) is 49.0 Å². The van der Waals surface area contributed by atoms with Gasteiger partial charge in [0.05, 0.1) is 13.2 Å². The van der Waals surface area contributed by atoms with Crippen molar-refractivity contribution in [1.82, 2.24) is 5.32 Å². The van der Waals surface area contributed by atoms with Crippen LogP contribution >= 0.6 is 0 Å². The van der Waals surface area contributed by atoms with Crippen LogP contribution in [0.1, 0.15) is 43.7 Å². The molecule has 0 saturated heterocycles. The van der Waals surface area contributed by atoms with E-state index in [1.54, 1.807) is 7.11 Å². The molecule has 104 valence electrons. The van der Waals surface area contributed by atoms with Crippen molar-refractivity contribution in [1.29, 1.82) is 5.26 Å². The molecule has 0 fully saturated rings. The third-order valence-electron chi connectivity index (χ3n) is 3.19. The topological polar surface area (TPSA) is 45.0 Å². The number of nitriles is 1. The SMILES string of the molecule is COc1cc(C(C)C)ccc1CCNCCCC#N. The molecule has 0 heterocycles. The third kappa shape index (κ3) is 5.32. The zero-order chi connectivity index (χ0) is 14.1. The molecule has 1 aromatic rings. The van der Waals surface area contributed by atoms with Gasteiger partial charge in [0, 0.05) is 6.42 Å². The van der Waals surface area contributed by atoms with Crippen LogP contribution in [0.25, 0.3) is 0 Å². The maximum absolute atomic E-state index is 8.45. The number of nitrogens with one attached hydrogen (secondary N) is 1. The Bertz CT molecular complexity index is 421. The van der Waals surface area contributed by atoms with Crippen LogP contribution in [0, 0.1) is 11.3 Å². The Labute approximate surface area is 116 Å². The highest BCUT2D eigenvalue weighted by molar-refractivity contribution is 5.38. The van der Waals surface area contributed by atoms with E-state index < -0.39 is 0 Å². The molecule has 0 unspecified atom stereocenters. The normalized spacial score (nSPS) is 10.5. The largest absolute Gasteiger partial charge is 0.496 e. The molecule has 0 atom stereocenters. The van der Waals surface area contributed by atoms with E-state index in [2.05, 4.69) is 43.4 Å². The van der Waals surface area contributed by atoms with Crippen molar-refractivity contribution in [2.75, 3.05) is 20.2 Å². The molecule has 0 aliphatic heterocycles. The van der Waals surface area contributed by atoms with Gasteiger partial charge in [0.15, 0.2) is 0 Å². The number of unbranched alkanes of at least 4 members (excludes halogenated alkanes) is 1. The van der Waals surface area contributed by atoms with E-state index in [-0.39, 0.29) is 0 Å². The van der Waals surface area contributed by atoms with Gasteiger partial charge >= 0.3 is 0 Å². The summed E-state index contributed by atoms with van der Waals surface area (Å²) in [6, 6.07) is 8.62. The van der Waals surface area contributed by atoms with E-state index in [9.17, 15) is 0 Å². The lowest BCUT2D eigenvalue weighted by Crippen LogP contribution is -2.18. The van der Waals surface area contributed by atoms with E-state index in [0.29, 0.717) is 12.3 Å². The van der Waals surface area contributed by atoms with Crippen LogP contribution < -0.4 is 10.1 Å². The van der Waals surface area contributed by atoms with Crippen LogP contribution in [0.2, 0.25) is 0 Å². The minimum atomic E-state index is 0.520. The average Bonchev–Trinajstić information content (AvgIpc) is 2.42. The van der Waals surface area contributed by atoms with Crippen LogP contribution in [0.15, 0.2) is 18.2 Å². The van der Waals surface area contributed by atoms with Crippen molar-refractivity contribution in [3.63, 3.8) is 0 Å². The Morgan fingerprint density at radius 2 is 2.11 bits per heavy atom. The zero-order valence-electron chi connectivity index (χ0n) is 12.2. The smallest absolute Gasteiger partial charge is 0.122 e. The fourth-order valence-corrected chi connectivity index (χ4v) is 1.97. The van der Waals surface area contributed by atoms with Crippen molar-refractivity contribution < 1.29 is 4.74 Å². The van der Waals surface area contributed by atoms with E-state index in [1.807, 2.05) is 0 Å². The highest BCUT2D eigenvalue weighted by atomic mass is 16.5. The van der Waals surface area contributed by atoms with E-state index in [1.165, 1.54) is 11.1 Å². The molecule has 0 saturated carbocycles. The molecule has 0 spiro atoms. The summed E-state index contributed by atoms with van der Waals surface area (Å²) in [4.78, 5) is 0. The monoisotopic (exact) mass is 260 g/mol. The predicted octanol–water partition coefficient (Wildman–Crippen LogP) is 3.25. The summed E-state index contributed by atoms with van der Waals surface area (Å²) >= 11 is 0. The number of hydrogen-bond acceptors (Lipinski definition) is 3. The molecule has 0 bridgehead atoms. The van der Waals surface area contributed by atoms with Crippen molar-refractivity contribution >= 4 is 0 Å². The van der Waals surface area contributed by atoms with Gasteiger partial charge in [-0.15, -0.1) is 0 Å². The molecule has 19 heavy (non-hydrogen) atoms. The number of ether oxygens (including phenoxy) is 1. The fraction of sp³-hybridized carbons (Fsp3) is 0.562. The Balaban J connectivity index is 2.47. The highest BCUT2D eigenvalue weighted by Crippen LogP contribution is 2.24. The summed E-state index contributed by atoms with van der Waals surface area (Å²) in [5.74, 6) is 1.50. The second-order valence-corrected chi connectivity index (χ2v) is 4.99. The molecule has 0 radical (unpaired) electrons. The maximum atomic E-state index is 8.45. The number of rotatable bonds is 8. The van der Waals surface area contributed by atoms with Crippen molar-refractivity contribution in [2.45, 2.75) is 39.0 Å². The summed E-state index contributed by atoms with van der Waals surface area (Å²) in [7, 11) is 1.73. The van der Waals surface area contributed by atoms with Crippen molar-refractivity contribution in [3.05, 3.63) is 29.3 Å². The van der Waals surface area contributed by atoms with Crippen molar-refractivity contribution in [3.8, 4) is 11.8 Å². The number of hydrogen-bond donors (Lipinski definition) is 1. The number of nitrogens with zero attached hydrogens (tertiary/aromatic N) is 1. The van der Waals surface area contributed by atoms with Crippen LogP contribution in [0.4, 0.5) is 0 Å². The Morgan fingerprint density at radius 3 is 2.74 bits per heavy atom. The van der Waals surface area contributed by atoms with Crippen LogP contribution in [-0.4, -0.2) is 20.2 Å². The van der Waals surface area contributed by atoms with Crippen LogP contribution in [0.3, 0.4) is 0 Å². The van der Waals surface area contributed by atoms with Gasteiger partial charge in [-0.1, -0.05) is 26.0 Å². The van der Waals surface area contributed by atoms with Gasteiger partial charge in [-0.2, -0.15) is 5.26 Å². The zero-order valence-corrected chi connectivity index (χ0v) is 12.2. The summed E-state index contributed by atoms with van der Waals surface area (Å²) in [6.45, 7) is 6.19. The molecular formula is C16H24N2O. The van der Waals surface area contributed by atoms with Gasteiger partial charge in [0.1, 0.15) is 5.75 Å². The maximum Gasteiger partial charge on any atom is 0.122 e. The lowest BCUT2D eigenvalue weighted by atomic mass is 10.00. The summed E-state index contributed by atoms with van der Waals surface area (Å²) in [5.41, 5.74) is 2.54. The Kier molecular flexibility index (Phi) is 6.99. The highest BCUT2D eigenvalue weighted by Gasteiger charge is 2.06. The number of benzene rings is 1. The van der Waals surface area contributed by atoms with Gasteiger partial charge < -0.3 is 10.1 Å². The Morgan fingerprint density at radius 1 is 1.32 bits per heavy atom. The lowest BCUT2D eigenvalue weighted by Gasteiger charge is -2.13. The minimum Gasteiger partial charge on any atom is -0.496 e. The summed E-state index contributed by atoms with van der Waals surface area (Å²) in [5, 5.41) is 11.8. The first-order valence-electron chi connectivity index (χ1n) is 6.93. The molecule has 3 heteroatoms. The fourth-order valence-electron chi connectivity index (χ4n) is 1.97. The van der Waals surface area contributed by atoms with E-state index in [4.69, 9.17) is 10.00 Å². The predicted molar refractivity (Wildman–Crippen MR) is 78.5 cm³/mol. The molecule has 1 N–H and O–H groups in total. The van der Waals surface area contributed by atoms with Crippen LogP contribution in [-0.2, 0) is 6.42 Å². The first-order valence-corrected chi connectivity index (χ1v) is 6.93. The van der Waals surface area contributed by atoms with Gasteiger partial charge in [0.25, 0.3) is 0 Å². The summed E-state index contributed by atoms with van der Waals surface area (Å²) < 4.78 is 5.46. The molecule has 0 aliphatic rings. The average molecular weight is 260 g/mol. The molecule has 0 aromatic heterocycles. The first kappa shape index (κ1) is 15.5. The summed E-state index contributed by atoms with van der Waals surface area (Å²) in [6.07, 6.45) is 2.49. The molecule has 1 aromatic carbocycles. The van der Waals surface area contributed by atoms with E-state index >= 15 is 0 Å². The molecule has 1 rings (SSSR count). The Hall–Kier alpha value is -1.53. The molecule has 3 nitrogen and oxygen atoms in total. The number of methoxy groups -OCH3 is 1. The second-order valence-electron chi connectivity index (χ2n) is 4.99. The van der Waals surface area contributed by atoms with Gasteiger partial charge in [0.2, 0.25) is 0 Å². The van der Waals surface area contributed by atoms with Crippen LogP contribution in [0.5, 0.6) is 5.75 Å². The lowest BCUT2D eigenvalue weighted by molar-refractivity contribution is 0.408. The second kappa shape index (κ2) is 8.55. The first-order chi connectivity index (χ1) is 9.19. The quantitative estimate of drug-likeness (QED) is 0.730. The standard InChI is InChI=1S/C16H24N2O/c1-13(2)15-7-6-14(16(12-15)19-3)8-11-18-10-5-4-9-17/h6-7,12-13,18H,4-5,8,10-11H2,1-3H3.